The summed E-state index contributed by atoms with van der Waals surface area (Å²) in [6.07, 6.45) is 7.12. The highest BCUT2D eigenvalue weighted by atomic mass is 31.1. The first-order chi connectivity index (χ1) is 33.5. The van der Waals surface area contributed by atoms with Gasteiger partial charge in [-0.2, -0.15) is 0 Å². The Morgan fingerprint density at radius 1 is 0.471 bits per heavy atom. The first-order valence-electron chi connectivity index (χ1n) is 23.7. The molecule has 1 atom stereocenters. The molecule has 0 saturated heterocycles. The molecule has 2 aliphatic carbocycles. The van der Waals surface area contributed by atoms with Crippen molar-refractivity contribution in [1.82, 2.24) is 0 Å². The summed E-state index contributed by atoms with van der Waals surface area (Å²) in [5.74, 6) is 0. The zero-order chi connectivity index (χ0) is 45.3. The number of hydrogen-bond acceptors (Lipinski definition) is 4. The van der Waals surface area contributed by atoms with E-state index in [-0.39, 0.29) is 5.41 Å². The molecule has 2 heterocycles. The van der Waals surface area contributed by atoms with Gasteiger partial charge in [-0.05, 0) is 136 Å². The molecule has 0 saturated carbocycles. The van der Waals surface area contributed by atoms with Crippen LogP contribution < -0.4 is 19.5 Å². The van der Waals surface area contributed by atoms with Crippen molar-refractivity contribution in [3.05, 3.63) is 247 Å². The Morgan fingerprint density at radius 3 is 1.82 bits per heavy atom. The molecule has 0 fully saturated rings. The van der Waals surface area contributed by atoms with Gasteiger partial charge in [-0.15, -0.1) is 0 Å². The molecule has 10 aromatic rings. The van der Waals surface area contributed by atoms with Crippen molar-refractivity contribution in [3.63, 3.8) is 0 Å². The summed E-state index contributed by atoms with van der Waals surface area (Å²) < 4.78 is 11.7. The van der Waals surface area contributed by atoms with E-state index in [1.54, 1.807) is 0 Å². The minimum absolute atomic E-state index is 0.0705. The molecule has 0 spiro atoms. The lowest BCUT2D eigenvalue weighted by Gasteiger charge is -2.33. The van der Waals surface area contributed by atoms with E-state index >= 15 is 0 Å². The minimum atomic E-state index is -1.12. The number of anilines is 7. The average molecular weight is 894 g/mol. The number of allylic oxidation sites excluding steroid dienone is 4. The summed E-state index contributed by atoms with van der Waals surface area (Å²) in [5, 5.41) is 3.50. The van der Waals surface area contributed by atoms with Crippen LogP contribution in [0, 0.1) is 0 Å². The lowest BCUT2D eigenvalue weighted by molar-refractivity contribution is 0.654. The SMILES string of the molecule is CC1(C)C2=CCCC=C2c2ccc(N(c3ccc(-c4ccccc4)cc3)c3ccc(-c4ccc5c(c4)N(c4cccc6oc7ccccc7c46)P(c4ccccc4)N5c4ccccc4)cc3)cc21. The van der Waals surface area contributed by atoms with E-state index in [4.69, 9.17) is 4.42 Å². The highest BCUT2D eigenvalue weighted by Crippen LogP contribution is 2.66. The number of benzene rings is 9. The van der Waals surface area contributed by atoms with Crippen molar-refractivity contribution >= 4 is 80.9 Å². The zero-order valence-electron chi connectivity index (χ0n) is 38.1. The molecule has 9 aromatic carbocycles. The van der Waals surface area contributed by atoms with Crippen molar-refractivity contribution in [2.75, 3.05) is 14.2 Å². The largest absolute Gasteiger partial charge is 0.456 e. The average Bonchev–Trinajstić information content (AvgIpc) is 4.03. The van der Waals surface area contributed by atoms with Gasteiger partial charge in [0, 0.05) is 38.9 Å². The number of nitrogens with zero attached hydrogens (tertiary/aromatic N) is 3. The molecule has 0 radical (unpaired) electrons. The van der Waals surface area contributed by atoms with Gasteiger partial charge in [-0.1, -0.05) is 166 Å². The molecule has 5 heteroatoms. The molecule has 0 amide bonds. The van der Waals surface area contributed by atoms with Crippen LogP contribution in [-0.2, 0) is 5.41 Å². The fraction of sp³-hybridized carbons (Fsp3) is 0.0794. The second-order valence-corrected chi connectivity index (χ2v) is 20.4. The van der Waals surface area contributed by atoms with Gasteiger partial charge in [-0.3, -0.25) is 9.34 Å². The number of para-hydroxylation sites is 2. The Hall–Kier alpha value is -7.91. The van der Waals surface area contributed by atoms with E-state index in [1.165, 1.54) is 44.4 Å². The van der Waals surface area contributed by atoms with E-state index < -0.39 is 8.22 Å². The monoisotopic (exact) mass is 893 g/mol. The summed E-state index contributed by atoms with van der Waals surface area (Å²) in [6, 6.07) is 79.7. The van der Waals surface area contributed by atoms with Gasteiger partial charge in [0.2, 0.25) is 0 Å². The first-order valence-corrected chi connectivity index (χ1v) is 24.9. The van der Waals surface area contributed by atoms with Crippen LogP contribution in [-0.4, -0.2) is 0 Å². The number of furan rings is 1. The van der Waals surface area contributed by atoms with Gasteiger partial charge in [0.1, 0.15) is 19.4 Å². The molecular weight excluding hydrogens is 846 g/mol. The lowest BCUT2D eigenvalue weighted by Crippen LogP contribution is -2.22. The fourth-order valence-electron chi connectivity index (χ4n) is 10.9. The molecule has 13 rings (SSSR count). The van der Waals surface area contributed by atoms with Crippen molar-refractivity contribution < 1.29 is 4.42 Å². The highest BCUT2D eigenvalue weighted by molar-refractivity contribution is 7.70. The third-order valence-electron chi connectivity index (χ3n) is 14.2. The van der Waals surface area contributed by atoms with Gasteiger partial charge in [0.05, 0.1) is 22.4 Å². The summed E-state index contributed by atoms with van der Waals surface area (Å²) in [6.45, 7) is 4.78. The van der Waals surface area contributed by atoms with Crippen LogP contribution in [0.5, 0.6) is 0 Å². The summed E-state index contributed by atoms with van der Waals surface area (Å²) in [5.41, 5.74) is 20.1. The van der Waals surface area contributed by atoms with Crippen LogP contribution in [0.15, 0.2) is 241 Å². The van der Waals surface area contributed by atoms with Crippen molar-refractivity contribution in [3.8, 4) is 22.3 Å². The predicted octanol–water partition coefficient (Wildman–Crippen LogP) is 17.7. The van der Waals surface area contributed by atoms with Crippen LogP contribution in [0.1, 0.15) is 37.8 Å². The second-order valence-electron chi connectivity index (χ2n) is 18.5. The van der Waals surface area contributed by atoms with Gasteiger partial charge in [0.15, 0.2) is 0 Å². The molecule has 0 bridgehead atoms. The fourth-order valence-corrected chi connectivity index (χ4v) is 13.4. The number of rotatable bonds is 8. The Balaban J connectivity index is 0.946. The van der Waals surface area contributed by atoms with E-state index in [2.05, 4.69) is 259 Å². The van der Waals surface area contributed by atoms with Crippen LogP contribution >= 0.6 is 8.22 Å². The third kappa shape index (κ3) is 6.54. The second kappa shape index (κ2) is 16.2. The third-order valence-corrected chi connectivity index (χ3v) is 16.5. The van der Waals surface area contributed by atoms with E-state index in [0.717, 1.165) is 80.0 Å². The van der Waals surface area contributed by atoms with Crippen LogP contribution in [0.2, 0.25) is 0 Å². The molecule has 1 aliphatic heterocycles. The summed E-state index contributed by atoms with van der Waals surface area (Å²) >= 11 is 0. The summed E-state index contributed by atoms with van der Waals surface area (Å²) in [4.78, 5) is 2.42. The van der Waals surface area contributed by atoms with Crippen molar-refractivity contribution in [2.24, 2.45) is 0 Å². The van der Waals surface area contributed by atoms with Gasteiger partial charge in [0.25, 0.3) is 0 Å². The van der Waals surface area contributed by atoms with E-state index in [0.29, 0.717) is 0 Å². The van der Waals surface area contributed by atoms with Gasteiger partial charge in [-0.25, -0.2) is 0 Å². The van der Waals surface area contributed by atoms with Crippen LogP contribution in [0.25, 0.3) is 49.8 Å². The molecule has 1 aromatic heterocycles. The predicted molar refractivity (Wildman–Crippen MR) is 288 cm³/mol. The molecule has 68 heavy (non-hydrogen) atoms. The normalized spacial score (nSPS) is 15.8. The summed E-state index contributed by atoms with van der Waals surface area (Å²) in [7, 11) is -1.12. The molecule has 0 N–H and O–H groups in total. The topological polar surface area (TPSA) is 22.9 Å². The minimum Gasteiger partial charge on any atom is -0.456 e. The maximum Gasteiger partial charge on any atom is 0.138 e. The zero-order valence-corrected chi connectivity index (χ0v) is 38.9. The highest BCUT2D eigenvalue weighted by Gasteiger charge is 2.42. The molecule has 3 aliphatic rings. The van der Waals surface area contributed by atoms with E-state index in [1.807, 2.05) is 0 Å². The van der Waals surface area contributed by atoms with Crippen LogP contribution in [0.3, 0.4) is 0 Å². The Morgan fingerprint density at radius 2 is 1.07 bits per heavy atom. The first kappa shape index (κ1) is 40.4. The quantitative estimate of drug-likeness (QED) is 0.142. The van der Waals surface area contributed by atoms with Crippen molar-refractivity contribution in [2.45, 2.75) is 32.1 Å². The standard InChI is InChI=1S/C63H48N3OP/c1-63(2)55-25-14-12-23-52(55)53-39-38-50(42-56(53)63)64(47-34-29-44(30-35-47)43-17-6-3-7-18-43)48-36-31-45(32-37-48)46-33-40-57-59(41-46)66(58-26-16-28-61-62(58)54-24-13-15-27-60(54)67-61)68(51-21-10-5-11-22-51)65(57)49-19-8-4-9-20-49/h3-11,13,15-42H,12,14H2,1-2H3. The van der Waals surface area contributed by atoms with E-state index in [9.17, 15) is 0 Å². The van der Waals surface area contributed by atoms with Crippen LogP contribution in [0.4, 0.5) is 39.8 Å². The van der Waals surface area contributed by atoms with Gasteiger partial charge < -0.3 is 9.32 Å². The maximum absolute atomic E-state index is 6.52. The molecule has 1 unspecified atom stereocenters. The smallest absolute Gasteiger partial charge is 0.138 e. The Kier molecular flexibility index (Phi) is 9.59. The maximum atomic E-state index is 6.52. The molecular formula is C63H48N3OP. The Bertz CT molecular complexity index is 3600. The Labute approximate surface area is 399 Å². The number of hydrogen-bond donors (Lipinski definition) is 0. The number of fused-ring (bicyclic) bond motifs is 7. The van der Waals surface area contributed by atoms with Crippen molar-refractivity contribution in [1.29, 1.82) is 0 Å². The van der Waals surface area contributed by atoms with Gasteiger partial charge >= 0.3 is 0 Å². The lowest BCUT2D eigenvalue weighted by atomic mass is 9.80. The molecule has 4 nitrogen and oxygen atoms in total. The molecule has 326 valence electrons.